The molecule has 1 rings (SSSR count). The third-order valence-electron chi connectivity index (χ3n) is 4.70. The number of carbonyl (C=O) groups is 1. The molecular formula is C17H35N3O. The molecule has 4 nitrogen and oxygen atoms in total. The molecule has 0 aromatic carbocycles. The summed E-state index contributed by atoms with van der Waals surface area (Å²) in [4.78, 5) is 14.4. The molecule has 1 saturated heterocycles. The van der Waals surface area contributed by atoms with E-state index in [1.807, 2.05) is 0 Å². The van der Waals surface area contributed by atoms with E-state index in [0.29, 0.717) is 13.0 Å². The molecule has 0 aromatic rings. The number of piperidine rings is 1. The molecule has 3 N–H and O–H groups in total. The molecule has 0 bridgehead atoms. The third-order valence-corrected chi connectivity index (χ3v) is 4.70. The van der Waals surface area contributed by atoms with E-state index in [1.165, 1.54) is 25.9 Å². The number of hydrogen-bond acceptors (Lipinski definition) is 3. The van der Waals surface area contributed by atoms with Crippen LogP contribution in [0.4, 0.5) is 0 Å². The van der Waals surface area contributed by atoms with Crippen molar-refractivity contribution in [2.24, 2.45) is 17.1 Å². The van der Waals surface area contributed by atoms with E-state index in [2.05, 4.69) is 31.0 Å². The molecule has 1 heterocycles. The minimum absolute atomic E-state index is 0.177. The van der Waals surface area contributed by atoms with Gasteiger partial charge in [-0.2, -0.15) is 0 Å². The van der Waals surface area contributed by atoms with Crippen LogP contribution in [0, 0.1) is 11.3 Å². The Morgan fingerprint density at radius 1 is 1.29 bits per heavy atom. The number of nitrogens with one attached hydrogen (secondary N) is 1. The topological polar surface area (TPSA) is 58.4 Å². The van der Waals surface area contributed by atoms with E-state index in [9.17, 15) is 4.79 Å². The third kappa shape index (κ3) is 8.42. The summed E-state index contributed by atoms with van der Waals surface area (Å²) < 4.78 is 0. The van der Waals surface area contributed by atoms with Gasteiger partial charge in [-0.15, -0.1) is 0 Å². The van der Waals surface area contributed by atoms with Crippen LogP contribution in [-0.4, -0.2) is 43.5 Å². The summed E-state index contributed by atoms with van der Waals surface area (Å²) in [6, 6.07) is 0. The Bertz CT molecular complexity index is 296. The van der Waals surface area contributed by atoms with Crippen LogP contribution in [0.25, 0.3) is 0 Å². The number of amides is 1. The number of nitrogens with two attached hydrogens (primary N) is 1. The monoisotopic (exact) mass is 297 g/mol. The van der Waals surface area contributed by atoms with Crippen molar-refractivity contribution in [2.45, 2.75) is 59.3 Å². The average molecular weight is 297 g/mol. The van der Waals surface area contributed by atoms with Gasteiger partial charge < -0.3 is 16.0 Å². The zero-order valence-corrected chi connectivity index (χ0v) is 14.3. The smallest absolute Gasteiger partial charge is 0.220 e. The first-order valence-corrected chi connectivity index (χ1v) is 8.62. The van der Waals surface area contributed by atoms with Gasteiger partial charge in [0.05, 0.1) is 0 Å². The standard InChI is InChI=1S/C17H35N3O/c1-15-6-13-20(14-7-15)12-4-11-19-16(21)5-8-17(2,3)9-10-18/h15H,4-14,18H2,1-3H3,(H,19,21). The molecule has 1 fully saturated rings. The minimum atomic E-state index is 0.177. The Kier molecular flexibility index (Phi) is 8.27. The molecule has 124 valence electrons. The molecular weight excluding hydrogens is 262 g/mol. The Balaban J connectivity index is 2.03. The lowest BCUT2D eigenvalue weighted by Gasteiger charge is -2.30. The van der Waals surface area contributed by atoms with Gasteiger partial charge in [-0.3, -0.25) is 4.79 Å². The second-order valence-corrected chi connectivity index (χ2v) is 7.43. The molecule has 1 amide bonds. The molecule has 0 unspecified atom stereocenters. The van der Waals surface area contributed by atoms with Gasteiger partial charge in [-0.25, -0.2) is 0 Å². The predicted molar refractivity (Wildman–Crippen MR) is 89.2 cm³/mol. The number of nitrogens with zero attached hydrogens (tertiary/aromatic N) is 1. The molecule has 21 heavy (non-hydrogen) atoms. The van der Waals surface area contributed by atoms with Crippen molar-refractivity contribution in [1.29, 1.82) is 0 Å². The molecule has 0 aliphatic carbocycles. The molecule has 0 atom stereocenters. The SMILES string of the molecule is CC1CCN(CCCNC(=O)CCC(C)(C)CCN)CC1. The van der Waals surface area contributed by atoms with Crippen molar-refractivity contribution in [3.63, 3.8) is 0 Å². The van der Waals surface area contributed by atoms with E-state index in [-0.39, 0.29) is 11.3 Å². The van der Waals surface area contributed by atoms with Gasteiger partial charge in [0.1, 0.15) is 0 Å². The maximum Gasteiger partial charge on any atom is 0.220 e. The van der Waals surface area contributed by atoms with Gasteiger partial charge >= 0.3 is 0 Å². The molecule has 4 heteroatoms. The first-order chi connectivity index (χ1) is 9.93. The number of rotatable bonds is 9. The van der Waals surface area contributed by atoms with Crippen molar-refractivity contribution in [2.75, 3.05) is 32.7 Å². The summed E-state index contributed by atoms with van der Waals surface area (Å²) in [7, 11) is 0. The lowest BCUT2D eigenvalue weighted by Crippen LogP contribution is -2.35. The number of likely N-dealkylation sites (tertiary alicyclic amines) is 1. The Morgan fingerprint density at radius 2 is 1.95 bits per heavy atom. The summed E-state index contributed by atoms with van der Waals surface area (Å²) in [6.07, 6.45) is 6.22. The van der Waals surface area contributed by atoms with Crippen LogP contribution < -0.4 is 11.1 Å². The molecule has 1 aliphatic heterocycles. The minimum Gasteiger partial charge on any atom is -0.356 e. The summed E-state index contributed by atoms with van der Waals surface area (Å²) >= 11 is 0. The lowest BCUT2D eigenvalue weighted by atomic mass is 9.84. The van der Waals surface area contributed by atoms with Gasteiger partial charge in [0.2, 0.25) is 5.91 Å². The van der Waals surface area contributed by atoms with Crippen LogP contribution >= 0.6 is 0 Å². The molecule has 0 radical (unpaired) electrons. The largest absolute Gasteiger partial charge is 0.356 e. The second kappa shape index (κ2) is 9.42. The summed E-state index contributed by atoms with van der Waals surface area (Å²) in [5, 5.41) is 3.05. The van der Waals surface area contributed by atoms with E-state index in [1.54, 1.807) is 0 Å². The van der Waals surface area contributed by atoms with Crippen molar-refractivity contribution < 1.29 is 4.79 Å². The summed E-state index contributed by atoms with van der Waals surface area (Å²) in [5.74, 6) is 1.07. The maximum atomic E-state index is 11.8. The van der Waals surface area contributed by atoms with Gasteiger partial charge in [-0.1, -0.05) is 20.8 Å². The van der Waals surface area contributed by atoms with Gasteiger partial charge in [0, 0.05) is 13.0 Å². The molecule has 0 spiro atoms. The van der Waals surface area contributed by atoms with E-state index >= 15 is 0 Å². The fourth-order valence-electron chi connectivity index (χ4n) is 2.87. The highest BCUT2D eigenvalue weighted by molar-refractivity contribution is 5.75. The quantitative estimate of drug-likeness (QED) is 0.642. The first-order valence-electron chi connectivity index (χ1n) is 8.62. The first kappa shape index (κ1) is 18.4. The second-order valence-electron chi connectivity index (χ2n) is 7.43. The van der Waals surface area contributed by atoms with Crippen molar-refractivity contribution >= 4 is 5.91 Å². The lowest BCUT2D eigenvalue weighted by molar-refractivity contribution is -0.121. The van der Waals surface area contributed by atoms with Gasteiger partial charge in [0.15, 0.2) is 0 Å². The Hall–Kier alpha value is -0.610. The van der Waals surface area contributed by atoms with Crippen LogP contribution in [0.15, 0.2) is 0 Å². The van der Waals surface area contributed by atoms with Crippen LogP contribution in [-0.2, 0) is 4.79 Å². The van der Waals surface area contributed by atoms with Crippen molar-refractivity contribution in [1.82, 2.24) is 10.2 Å². The highest BCUT2D eigenvalue weighted by Gasteiger charge is 2.18. The van der Waals surface area contributed by atoms with E-state index < -0.39 is 0 Å². The van der Waals surface area contributed by atoms with Crippen LogP contribution in [0.5, 0.6) is 0 Å². The highest BCUT2D eigenvalue weighted by atomic mass is 16.1. The zero-order valence-electron chi connectivity index (χ0n) is 14.3. The molecule has 0 aromatic heterocycles. The van der Waals surface area contributed by atoms with Crippen molar-refractivity contribution in [3.8, 4) is 0 Å². The number of hydrogen-bond donors (Lipinski definition) is 2. The fourth-order valence-corrected chi connectivity index (χ4v) is 2.87. The maximum absolute atomic E-state index is 11.8. The van der Waals surface area contributed by atoms with E-state index in [4.69, 9.17) is 5.73 Å². The Morgan fingerprint density at radius 3 is 2.57 bits per heavy atom. The van der Waals surface area contributed by atoms with Crippen LogP contribution in [0.2, 0.25) is 0 Å². The normalized spacial score (nSPS) is 17.9. The summed E-state index contributed by atoms with van der Waals surface area (Å²) in [5.41, 5.74) is 5.77. The molecule has 1 aliphatic rings. The molecule has 0 saturated carbocycles. The highest BCUT2D eigenvalue weighted by Crippen LogP contribution is 2.25. The summed E-state index contributed by atoms with van der Waals surface area (Å²) in [6.45, 7) is 11.8. The predicted octanol–water partition coefficient (Wildman–Crippen LogP) is 2.38. The van der Waals surface area contributed by atoms with Crippen LogP contribution in [0.3, 0.4) is 0 Å². The average Bonchev–Trinajstić information content (AvgIpc) is 2.43. The van der Waals surface area contributed by atoms with Crippen LogP contribution in [0.1, 0.15) is 59.3 Å². The number of carbonyl (C=O) groups excluding carboxylic acids is 1. The van der Waals surface area contributed by atoms with Gasteiger partial charge in [0.25, 0.3) is 0 Å². The zero-order chi connectivity index (χ0) is 15.7. The van der Waals surface area contributed by atoms with Crippen molar-refractivity contribution in [3.05, 3.63) is 0 Å². The fraction of sp³-hybridized carbons (Fsp3) is 0.941. The Labute approximate surface area is 130 Å². The van der Waals surface area contributed by atoms with Gasteiger partial charge in [-0.05, 0) is 69.6 Å². The van der Waals surface area contributed by atoms with E-state index in [0.717, 1.165) is 38.3 Å².